The topological polar surface area (TPSA) is 49.3 Å². The van der Waals surface area contributed by atoms with E-state index < -0.39 is 5.60 Å². The zero-order valence-corrected chi connectivity index (χ0v) is 13.5. The Bertz CT molecular complexity index is 553. The van der Waals surface area contributed by atoms with Crippen molar-refractivity contribution >= 4 is 29.0 Å². The minimum atomic E-state index is -1.00. The molecule has 112 valence electrons. The molecule has 0 aliphatic carbocycles. The van der Waals surface area contributed by atoms with Gasteiger partial charge in [-0.15, -0.1) is 23.1 Å². The van der Waals surface area contributed by atoms with E-state index in [2.05, 4.69) is 5.32 Å². The van der Waals surface area contributed by atoms with Crippen molar-refractivity contribution in [3.8, 4) is 0 Å². The Morgan fingerprint density at radius 3 is 2.71 bits per heavy atom. The molecule has 1 amide bonds. The van der Waals surface area contributed by atoms with Crippen molar-refractivity contribution in [1.29, 1.82) is 0 Å². The fourth-order valence-corrected chi connectivity index (χ4v) is 3.47. The molecule has 1 heterocycles. The molecule has 1 unspecified atom stereocenters. The van der Waals surface area contributed by atoms with Crippen LogP contribution < -0.4 is 5.32 Å². The third-order valence-electron chi connectivity index (χ3n) is 3.02. The number of rotatable bonds is 7. The molecule has 2 rings (SSSR count). The molecule has 0 spiro atoms. The molecule has 0 aliphatic heterocycles. The smallest absolute Gasteiger partial charge is 0.220 e. The summed E-state index contributed by atoms with van der Waals surface area (Å²) in [4.78, 5) is 13.8. The third kappa shape index (κ3) is 5.19. The number of aliphatic hydroxyl groups is 1. The highest BCUT2D eigenvalue weighted by Crippen LogP contribution is 2.24. The van der Waals surface area contributed by atoms with Gasteiger partial charge in [0.1, 0.15) is 5.60 Å². The van der Waals surface area contributed by atoms with E-state index in [4.69, 9.17) is 0 Å². The van der Waals surface area contributed by atoms with Crippen LogP contribution in [0.3, 0.4) is 0 Å². The van der Waals surface area contributed by atoms with Gasteiger partial charge in [0.2, 0.25) is 5.91 Å². The first-order valence-corrected chi connectivity index (χ1v) is 8.65. The van der Waals surface area contributed by atoms with Crippen LogP contribution in [-0.2, 0) is 10.4 Å². The Morgan fingerprint density at radius 2 is 2.05 bits per heavy atom. The highest BCUT2D eigenvalue weighted by atomic mass is 32.2. The molecule has 1 aromatic carbocycles. The molecular formula is C16H19NO2S2. The van der Waals surface area contributed by atoms with Crippen LogP contribution in [0.25, 0.3) is 0 Å². The minimum absolute atomic E-state index is 0.0322. The van der Waals surface area contributed by atoms with Crippen LogP contribution >= 0.6 is 23.1 Å². The maximum atomic E-state index is 11.8. The van der Waals surface area contributed by atoms with Gasteiger partial charge in [-0.2, -0.15) is 0 Å². The van der Waals surface area contributed by atoms with Crippen LogP contribution in [0.5, 0.6) is 0 Å². The second-order valence-corrected chi connectivity index (χ2v) is 7.06. The predicted octanol–water partition coefficient (Wildman–Crippen LogP) is 3.25. The van der Waals surface area contributed by atoms with Gasteiger partial charge in [0, 0.05) is 21.9 Å². The van der Waals surface area contributed by atoms with Crippen LogP contribution in [0.4, 0.5) is 0 Å². The second-order valence-electron chi connectivity index (χ2n) is 4.94. The largest absolute Gasteiger partial charge is 0.383 e. The molecule has 0 saturated carbocycles. The van der Waals surface area contributed by atoms with Crippen LogP contribution in [0.2, 0.25) is 0 Å². The lowest BCUT2D eigenvalue weighted by Gasteiger charge is -2.22. The van der Waals surface area contributed by atoms with Gasteiger partial charge in [-0.3, -0.25) is 4.79 Å². The van der Waals surface area contributed by atoms with E-state index in [1.165, 1.54) is 11.3 Å². The summed E-state index contributed by atoms with van der Waals surface area (Å²) < 4.78 is 0. The second kappa shape index (κ2) is 7.64. The number of carbonyl (C=O) groups is 1. The fraction of sp³-hybridized carbons (Fsp3) is 0.312. The third-order valence-corrected chi connectivity index (χ3v) is 5.16. The molecule has 0 aliphatic rings. The number of thiophene rings is 1. The lowest BCUT2D eigenvalue weighted by atomic mass is 10.1. The summed E-state index contributed by atoms with van der Waals surface area (Å²) in [6, 6.07) is 13.8. The van der Waals surface area contributed by atoms with Crippen molar-refractivity contribution in [1.82, 2.24) is 5.32 Å². The molecule has 1 atom stereocenters. The normalized spacial score (nSPS) is 13.6. The summed E-state index contributed by atoms with van der Waals surface area (Å²) in [7, 11) is 0. The van der Waals surface area contributed by atoms with Crippen LogP contribution in [0, 0.1) is 0 Å². The van der Waals surface area contributed by atoms with Crippen LogP contribution in [0.1, 0.15) is 18.2 Å². The van der Waals surface area contributed by atoms with Gasteiger partial charge in [0.25, 0.3) is 0 Å². The predicted molar refractivity (Wildman–Crippen MR) is 88.7 cm³/mol. The Labute approximate surface area is 133 Å². The van der Waals surface area contributed by atoms with Crippen molar-refractivity contribution in [3.63, 3.8) is 0 Å². The van der Waals surface area contributed by atoms with Crippen molar-refractivity contribution < 1.29 is 9.90 Å². The first-order valence-electron chi connectivity index (χ1n) is 6.79. The number of benzene rings is 1. The summed E-state index contributed by atoms with van der Waals surface area (Å²) in [5.41, 5.74) is -1.00. The van der Waals surface area contributed by atoms with Gasteiger partial charge in [-0.05, 0) is 30.5 Å². The Balaban J connectivity index is 1.70. The van der Waals surface area contributed by atoms with E-state index in [9.17, 15) is 9.90 Å². The molecule has 3 nitrogen and oxygen atoms in total. The summed E-state index contributed by atoms with van der Waals surface area (Å²) in [6.07, 6.45) is 0.445. The van der Waals surface area contributed by atoms with Crippen LogP contribution in [-0.4, -0.2) is 23.3 Å². The fourth-order valence-electron chi connectivity index (χ4n) is 1.81. The van der Waals surface area contributed by atoms with Crippen molar-refractivity contribution in [2.45, 2.75) is 23.8 Å². The average molecular weight is 321 g/mol. The molecule has 0 saturated heterocycles. The molecule has 2 N–H and O–H groups in total. The molecule has 21 heavy (non-hydrogen) atoms. The first-order chi connectivity index (χ1) is 10.1. The quantitative estimate of drug-likeness (QED) is 0.770. The highest BCUT2D eigenvalue weighted by Gasteiger charge is 2.24. The molecule has 5 heteroatoms. The molecule has 0 radical (unpaired) electrons. The maximum absolute atomic E-state index is 11.8. The Kier molecular flexibility index (Phi) is 5.85. The number of amides is 1. The van der Waals surface area contributed by atoms with E-state index in [-0.39, 0.29) is 12.5 Å². The number of nitrogens with one attached hydrogen (secondary N) is 1. The van der Waals surface area contributed by atoms with Gasteiger partial charge in [-0.25, -0.2) is 0 Å². The summed E-state index contributed by atoms with van der Waals surface area (Å²) in [5.74, 6) is 0.701. The summed E-state index contributed by atoms with van der Waals surface area (Å²) in [6.45, 7) is 1.96. The standard InChI is InChI=1S/C16H19NO2S2/c1-16(19,14-8-5-10-21-14)12-17-15(18)9-11-20-13-6-3-2-4-7-13/h2-8,10,19H,9,11-12H2,1H3,(H,17,18). The van der Waals surface area contributed by atoms with Gasteiger partial charge in [0.15, 0.2) is 0 Å². The Hall–Kier alpha value is -1.30. The summed E-state index contributed by atoms with van der Waals surface area (Å²) in [5, 5.41) is 15.0. The number of hydrogen-bond acceptors (Lipinski definition) is 4. The molecular weight excluding hydrogens is 302 g/mol. The lowest BCUT2D eigenvalue weighted by molar-refractivity contribution is -0.121. The molecule has 2 aromatic rings. The number of thioether (sulfide) groups is 1. The van der Waals surface area contributed by atoms with Gasteiger partial charge in [0.05, 0.1) is 6.54 Å². The molecule has 0 fully saturated rings. The van der Waals surface area contributed by atoms with E-state index in [1.807, 2.05) is 47.8 Å². The average Bonchev–Trinajstić information content (AvgIpc) is 3.01. The van der Waals surface area contributed by atoms with Gasteiger partial charge >= 0.3 is 0 Å². The van der Waals surface area contributed by atoms with Crippen molar-refractivity contribution in [3.05, 3.63) is 52.7 Å². The zero-order valence-electron chi connectivity index (χ0n) is 11.9. The molecule has 0 bridgehead atoms. The number of hydrogen-bond donors (Lipinski definition) is 2. The van der Waals surface area contributed by atoms with E-state index in [0.29, 0.717) is 6.42 Å². The Morgan fingerprint density at radius 1 is 1.29 bits per heavy atom. The van der Waals surface area contributed by atoms with Gasteiger partial charge < -0.3 is 10.4 Å². The maximum Gasteiger partial charge on any atom is 0.220 e. The highest BCUT2D eigenvalue weighted by molar-refractivity contribution is 7.99. The SMILES string of the molecule is CC(O)(CNC(=O)CCSc1ccccc1)c1cccs1. The van der Waals surface area contributed by atoms with E-state index in [1.54, 1.807) is 18.7 Å². The zero-order chi connectivity index (χ0) is 15.1. The van der Waals surface area contributed by atoms with Crippen LogP contribution in [0.15, 0.2) is 52.7 Å². The van der Waals surface area contributed by atoms with Gasteiger partial charge in [-0.1, -0.05) is 24.3 Å². The van der Waals surface area contributed by atoms with E-state index >= 15 is 0 Å². The van der Waals surface area contributed by atoms with E-state index in [0.717, 1.165) is 15.5 Å². The van der Waals surface area contributed by atoms with Crippen molar-refractivity contribution in [2.24, 2.45) is 0 Å². The lowest BCUT2D eigenvalue weighted by Crippen LogP contribution is -2.38. The first kappa shape index (κ1) is 16.1. The minimum Gasteiger partial charge on any atom is -0.383 e. The summed E-state index contributed by atoms with van der Waals surface area (Å²) >= 11 is 3.15. The monoisotopic (exact) mass is 321 g/mol. The molecule has 1 aromatic heterocycles. The van der Waals surface area contributed by atoms with Crippen molar-refractivity contribution in [2.75, 3.05) is 12.3 Å². The number of carbonyl (C=O) groups excluding carboxylic acids is 1.